The van der Waals surface area contributed by atoms with Gasteiger partial charge in [0.05, 0.1) is 0 Å². The highest BCUT2D eigenvalue weighted by Gasteiger charge is 2.18. The van der Waals surface area contributed by atoms with Crippen LogP contribution >= 0.6 is 0 Å². The molecule has 0 fully saturated rings. The summed E-state index contributed by atoms with van der Waals surface area (Å²) in [5, 5.41) is 2.98. The molecular formula is C23H30N2O2. The second kappa shape index (κ2) is 10.5. The van der Waals surface area contributed by atoms with Gasteiger partial charge in [0, 0.05) is 29.4 Å². The lowest BCUT2D eigenvalue weighted by Gasteiger charge is -2.21. The van der Waals surface area contributed by atoms with Gasteiger partial charge in [0.2, 0.25) is 5.91 Å². The fourth-order valence-corrected chi connectivity index (χ4v) is 3.12. The number of hydrogen-bond donors (Lipinski definition) is 1. The highest BCUT2D eigenvalue weighted by atomic mass is 16.2. The van der Waals surface area contributed by atoms with E-state index in [-0.39, 0.29) is 17.7 Å². The fraction of sp³-hybridized carbons (Fsp3) is 0.391. The van der Waals surface area contributed by atoms with Crippen LogP contribution in [0.2, 0.25) is 0 Å². The van der Waals surface area contributed by atoms with Crippen molar-refractivity contribution in [3.63, 3.8) is 0 Å². The van der Waals surface area contributed by atoms with Crippen molar-refractivity contribution in [1.82, 2.24) is 0 Å². The molecule has 1 atom stereocenters. The topological polar surface area (TPSA) is 49.4 Å². The maximum Gasteiger partial charge on any atom is 0.258 e. The Morgan fingerprint density at radius 2 is 1.63 bits per heavy atom. The molecule has 27 heavy (non-hydrogen) atoms. The Morgan fingerprint density at radius 3 is 2.19 bits per heavy atom. The molecule has 4 heteroatoms. The highest BCUT2D eigenvalue weighted by molar-refractivity contribution is 6.06. The lowest BCUT2D eigenvalue weighted by Crippen LogP contribution is -2.30. The zero-order valence-electron chi connectivity index (χ0n) is 16.6. The van der Waals surface area contributed by atoms with E-state index in [2.05, 4.69) is 12.2 Å². The molecule has 2 amide bonds. The van der Waals surface area contributed by atoms with E-state index in [4.69, 9.17) is 0 Å². The summed E-state index contributed by atoms with van der Waals surface area (Å²) in [4.78, 5) is 27.0. The van der Waals surface area contributed by atoms with Crippen molar-refractivity contribution >= 4 is 23.2 Å². The third-order valence-electron chi connectivity index (χ3n) is 4.80. The van der Waals surface area contributed by atoms with Crippen molar-refractivity contribution in [3.05, 3.63) is 60.2 Å². The average molecular weight is 367 g/mol. The first kappa shape index (κ1) is 20.7. The van der Waals surface area contributed by atoms with Crippen molar-refractivity contribution in [2.24, 2.45) is 5.92 Å². The first-order valence-electron chi connectivity index (χ1n) is 9.88. The van der Waals surface area contributed by atoms with Gasteiger partial charge in [0.1, 0.15) is 0 Å². The molecule has 0 radical (unpaired) electrons. The Bertz CT molecular complexity index is 726. The third-order valence-corrected chi connectivity index (χ3v) is 4.80. The Morgan fingerprint density at radius 1 is 0.963 bits per heavy atom. The van der Waals surface area contributed by atoms with E-state index in [0.717, 1.165) is 37.1 Å². The molecule has 2 aromatic carbocycles. The number of carbonyl (C=O) groups excluding carboxylic acids is 2. The fourth-order valence-electron chi connectivity index (χ4n) is 3.12. The molecule has 0 aliphatic heterocycles. The number of benzene rings is 2. The Balaban J connectivity index is 2.05. The van der Waals surface area contributed by atoms with Crippen molar-refractivity contribution < 1.29 is 9.59 Å². The molecule has 0 spiro atoms. The van der Waals surface area contributed by atoms with Crippen LogP contribution in [-0.4, -0.2) is 18.4 Å². The minimum absolute atomic E-state index is 0.0416. The van der Waals surface area contributed by atoms with Gasteiger partial charge in [-0.25, -0.2) is 0 Å². The van der Waals surface area contributed by atoms with Gasteiger partial charge < -0.3 is 10.2 Å². The highest BCUT2D eigenvalue weighted by Crippen LogP contribution is 2.19. The number of rotatable bonds is 9. The normalized spacial score (nSPS) is 11.7. The van der Waals surface area contributed by atoms with E-state index in [0.29, 0.717) is 12.1 Å². The molecule has 0 aromatic heterocycles. The molecule has 2 aromatic rings. The van der Waals surface area contributed by atoms with Crippen LogP contribution in [0.5, 0.6) is 0 Å². The van der Waals surface area contributed by atoms with Gasteiger partial charge in [-0.1, -0.05) is 44.9 Å². The maximum absolute atomic E-state index is 12.8. The van der Waals surface area contributed by atoms with Gasteiger partial charge in [-0.3, -0.25) is 9.59 Å². The number of unbranched alkanes of at least 4 members (excludes halogenated alkanes) is 1. The zero-order valence-corrected chi connectivity index (χ0v) is 16.6. The van der Waals surface area contributed by atoms with E-state index < -0.39 is 0 Å². The van der Waals surface area contributed by atoms with Crippen LogP contribution in [0.1, 0.15) is 56.8 Å². The number of hydrogen-bond acceptors (Lipinski definition) is 2. The Labute approximate surface area is 162 Å². The number of nitrogens with one attached hydrogen (secondary N) is 1. The first-order chi connectivity index (χ1) is 13.1. The molecule has 2 rings (SSSR count). The van der Waals surface area contributed by atoms with Gasteiger partial charge in [0.25, 0.3) is 5.91 Å². The zero-order chi connectivity index (χ0) is 19.6. The summed E-state index contributed by atoms with van der Waals surface area (Å²) in [7, 11) is 0. The smallest absolute Gasteiger partial charge is 0.258 e. The van der Waals surface area contributed by atoms with Gasteiger partial charge >= 0.3 is 0 Å². The molecule has 0 heterocycles. The SMILES string of the molecule is CCCC[C@H](CC)C(=O)Nc1ccc(C(=O)N(CC)c2ccccc2)cc1. The van der Waals surface area contributed by atoms with Crippen LogP contribution in [-0.2, 0) is 4.79 Å². The van der Waals surface area contributed by atoms with Crippen LogP contribution in [0.15, 0.2) is 54.6 Å². The van der Waals surface area contributed by atoms with Crippen LogP contribution in [0.4, 0.5) is 11.4 Å². The molecule has 0 unspecified atom stereocenters. The van der Waals surface area contributed by atoms with Gasteiger partial charge in [-0.15, -0.1) is 0 Å². The Hall–Kier alpha value is -2.62. The standard InChI is InChI=1S/C23H30N2O2/c1-4-7-11-18(5-2)22(26)24-20-16-14-19(15-17-20)23(27)25(6-3)21-12-9-8-10-13-21/h8-10,12-18H,4-7,11H2,1-3H3,(H,24,26)/t18-/m0/s1. The van der Waals surface area contributed by atoms with E-state index in [1.165, 1.54) is 0 Å². The third kappa shape index (κ3) is 5.68. The number of nitrogens with zero attached hydrogens (tertiary/aromatic N) is 1. The summed E-state index contributed by atoms with van der Waals surface area (Å²) in [5.41, 5.74) is 2.22. The monoisotopic (exact) mass is 366 g/mol. The molecule has 0 aliphatic carbocycles. The summed E-state index contributed by atoms with van der Waals surface area (Å²) in [6.07, 6.45) is 3.91. The molecule has 0 aliphatic rings. The van der Waals surface area contributed by atoms with Crippen LogP contribution in [0.25, 0.3) is 0 Å². The lowest BCUT2D eigenvalue weighted by molar-refractivity contribution is -0.120. The minimum atomic E-state index is -0.0454. The molecule has 4 nitrogen and oxygen atoms in total. The summed E-state index contributed by atoms with van der Waals surface area (Å²) in [6, 6.07) is 16.8. The van der Waals surface area contributed by atoms with Crippen LogP contribution in [0.3, 0.4) is 0 Å². The van der Waals surface area contributed by atoms with E-state index in [1.54, 1.807) is 29.2 Å². The van der Waals surface area contributed by atoms with Gasteiger partial charge in [-0.05, 0) is 56.2 Å². The quantitative estimate of drug-likeness (QED) is 0.636. The van der Waals surface area contributed by atoms with Crippen LogP contribution in [0, 0.1) is 5.92 Å². The van der Waals surface area contributed by atoms with Gasteiger partial charge in [-0.2, -0.15) is 0 Å². The summed E-state index contributed by atoms with van der Waals surface area (Å²) < 4.78 is 0. The molecule has 0 saturated carbocycles. The molecule has 0 saturated heterocycles. The maximum atomic E-state index is 12.8. The summed E-state index contributed by atoms with van der Waals surface area (Å²) in [5.74, 6) is 0.0559. The number of para-hydroxylation sites is 1. The second-order valence-electron chi connectivity index (χ2n) is 6.70. The molecule has 0 bridgehead atoms. The number of anilines is 2. The first-order valence-corrected chi connectivity index (χ1v) is 9.88. The van der Waals surface area contributed by atoms with Crippen molar-refractivity contribution in [3.8, 4) is 0 Å². The largest absolute Gasteiger partial charge is 0.326 e. The predicted molar refractivity (Wildman–Crippen MR) is 112 cm³/mol. The number of amides is 2. The minimum Gasteiger partial charge on any atom is -0.326 e. The van der Waals surface area contributed by atoms with Crippen molar-refractivity contribution in [2.45, 2.75) is 46.5 Å². The Kier molecular flexibility index (Phi) is 8.05. The van der Waals surface area contributed by atoms with Crippen molar-refractivity contribution in [2.75, 3.05) is 16.8 Å². The van der Waals surface area contributed by atoms with E-state index in [1.807, 2.05) is 44.2 Å². The summed E-state index contributed by atoms with van der Waals surface area (Å²) >= 11 is 0. The average Bonchev–Trinajstić information content (AvgIpc) is 2.70. The second-order valence-corrected chi connectivity index (χ2v) is 6.70. The molecule has 144 valence electrons. The molecular weight excluding hydrogens is 336 g/mol. The van der Waals surface area contributed by atoms with Gasteiger partial charge in [0.15, 0.2) is 0 Å². The summed E-state index contributed by atoms with van der Waals surface area (Å²) in [6.45, 7) is 6.73. The predicted octanol–water partition coefficient (Wildman–Crippen LogP) is 5.51. The van der Waals surface area contributed by atoms with E-state index >= 15 is 0 Å². The molecule has 1 N–H and O–H groups in total. The number of carbonyl (C=O) groups is 2. The van der Waals surface area contributed by atoms with E-state index in [9.17, 15) is 9.59 Å². The van der Waals surface area contributed by atoms with Crippen molar-refractivity contribution in [1.29, 1.82) is 0 Å². The lowest BCUT2D eigenvalue weighted by atomic mass is 9.98. The van der Waals surface area contributed by atoms with Crippen LogP contribution < -0.4 is 10.2 Å².